The molecule has 0 fully saturated rings. The highest BCUT2D eigenvalue weighted by molar-refractivity contribution is 6.99. The van der Waals surface area contributed by atoms with Crippen molar-refractivity contribution in [3.8, 4) is 0 Å². The first-order valence-electron chi connectivity index (χ1n) is 17.1. The highest BCUT2D eigenvalue weighted by atomic mass is 28.4. The van der Waals surface area contributed by atoms with Crippen LogP contribution in [0.4, 0.5) is 0 Å². The Bertz CT molecular complexity index is 1440. The van der Waals surface area contributed by atoms with Crippen molar-refractivity contribution in [1.82, 2.24) is 0 Å². The molecule has 4 rings (SSSR count). The third-order valence-corrected chi connectivity index (χ3v) is 15.2. The summed E-state index contributed by atoms with van der Waals surface area (Å²) in [4.78, 5) is 26.2. The topological polar surface area (TPSA) is 71.1 Å². The number of allylic oxidation sites excluding steroid dienone is 2. The fourth-order valence-corrected chi connectivity index (χ4v) is 12.0. The van der Waals surface area contributed by atoms with Crippen LogP contribution in [0.1, 0.15) is 71.7 Å². The van der Waals surface area contributed by atoms with Gasteiger partial charge in [-0.15, -0.1) is 0 Å². The van der Waals surface area contributed by atoms with Gasteiger partial charge in [-0.2, -0.15) is 0 Å². The number of hydrogen-bond donors (Lipinski definition) is 0. The highest BCUT2D eigenvalue weighted by Gasteiger charge is 2.52. The SMILES string of the molecule is COCO[C@](C)(C=O)[C@@H](C[C@H]1C(C)=CC[C@H](C(C)C)[C@H]1CO[Si](c1ccccc1)(c1ccccc1)C(C)(C)C)OC(=O)c1ccccc1. The van der Waals surface area contributed by atoms with Gasteiger partial charge < -0.3 is 18.6 Å². The Balaban J connectivity index is 1.78. The minimum absolute atomic E-state index is 0.0247. The van der Waals surface area contributed by atoms with Crippen molar-refractivity contribution in [2.75, 3.05) is 20.5 Å². The Morgan fingerprint density at radius 1 is 0.896 bits per heavy atom. The van der Waals surface area contributed by atoms with Crippen molar-refractivity contribution >= 4 is 30.9 Å². The first-order valence-corrected chi connectivity index (χ1v) is 19.1. The average Bonchev–Trinajstić information content (AvgIpc) is 3.08. The second-order valence-electron chi connectivity index (χ2n) is 14.7. The van der Waals surface area contributed by atoms with Gasteiger partial charge in [0.2, 0.25) is 0 Å². The van der Waals surface area contributed by atoms with Gasteiger partial charge in [-0.3, -0.25) is 4.79 Å². The zero-order valence-corrected chi connectivity index (χ0v) is 31.0. The lowest BCUT2D eigenvalue weighted by Crippen LogP contribution is -2.67. The van der Waals surface area contributed by atoms with Crippen LogP contribution in [0.3, 0.4) is 0 Å². The molecule has 5 atom stereocenters. The van der Waals surface area contributed by atoms with E-state index >= 15 is 0 Å². The Labute approximate surface area is 289 Å². The summed E-state index contributed by atoms with van der Waals surface area (Å²) >= 11 is 0. The number of carbonyl (C=O) groups is 2. The minimum Gasteiger partial charge on any atom is -0.455 e. The van der Waals surface area contributed by atoms with Crippen LogP contribution in [0.5, 0.6) is 0 Å². The summed E-state index contributed by atoms with van der Waals surface area (Å²) in [5.74, 6) is 0.297. The lowest BCUT2D eigenvalue weighted by Gasteiger charge is -2.47. The molecule has 7 heteroatoms. The monoisotopic (exact) mass is 670 g/mol. The smallest absolute Gasteiger partial charge is 0.338 e. The van der Waals surface area contributed by atoms with Gasteiger partial charge in [-0.25, -0.2) is 4.79 Å². The number of ether oxygens (including phenoxy) is 3. The summed E-state index contributed by atoms with van der Waals surface area (Å²) in [5.41, 5.74) is 0.211. The van der Waals surface area contributed by atoms with Gasteiger partial charge in [-0.1, -0.05) is 125 Å². The van der Waals surface area contributed by atoms with Crippen LogP contribution in [-0.2, 0) is 23.4 Å². The molecule has 0 heterocycles. The highest BCUT2D eigenvalue weighted by Crippen LogP contribution is 2.45. The zero-order valence-electron chi connectivity index (χ0n) is 30.0. The predicted molar refractivity (Wildman–Crippen MR) is 195 cm³/mol. The minimum atomic E-state index is -2.82. The molecule has 0 bridgehead atoms. The molecule has 0 aliphatic heterocycles. The largest absolute Gasteiger partial charge is 0.455 e. The third kappa shape index (κ3) is 8.25. The van der Waals surface area contributed by atoms with E-state index in [1.807, 2.05) is 6.07 Å². The van der Waals surface area contributed by atoms with E-state index in [0.29, 0.717) is 30.4 Å². The summed E-state index contributed by atoms with van der Waals surface area (Å²) in [5, 5.41) is 2.30. The normalized spacial score (nSPS) is 20.4. The summed E-state index contributed by atoms with van der Waals surface area (Å²) in [7, 11) is -1.31. The number of rotatable bonds is 15. The van der Waals surface area contributed by atoms with E-state index in [1.165, 1.54) is 23.1 Å². The number of aldehydes is 1. The molecule has 0 unspecified atom stereocenters. The first kappa shape index (κ1) is 37.5. The van der Waals surface area contributed by atoms with Crippen molar-refractivity contribution in [2.24, 2.45) is 23.7 Å². The lowest BCUT2D eigenvalue weighted by atomic mass is 9.66. The zero-order chi connectivity index (χ0) is 35.0. The number of esters is 1. The van der Waals surface area contributed by atoms with Gasteiger partial charge in [0.05, 0.1) is 5.56 Å². The van der Waals surface area contributed by atoms with Crippen LogP contribution in [0.25, 0.3) is 0 Å². The molecule has 0 spiro atoms. The van der Waals surface area contributed by atoms with Gasteiger partial charge in [0.15, 0.2) is 11.9 Å². The lowest BCUT2D eigenvalue weighted by molar-refractivity contribution is -0.175. The molecule has 0 aromatic heterocycles. The molecule has 0 saturated heterocycles. The van der Waals surface area contributed by atoms with E-state index < -0.39 is 26.0 Å². The molecular weight excluding hydrogens is 617 g/mol. The Hall–Kier alpha value is -3.36. The van der Waals surface area contributed by atoms with Crippen molar-refractivity contribution in [2.45, 2.75) is 78.1 Å². The standard InChI is InChI=1S/C41H54O6Si/c1-30(2)35-25-24-31(3)36(26-38(41(7,28-42)45-29-44-8)47-39(43)32-18-12-9-13-19-32)37(35)27-46-48(40(4,5)6,33-20-14-10-15-21-33)34-22-16-11-17-23-34/h9-24,28,30,35-38H,25-27,29H2,1-8H3/t35-,36+,37-,38-,41-/m1/s1. The van der Waals surface area contributed by atoms with Crippen LogP contribution in [0.2, 0.25) is 5.04 Å². The molecule has 0 N–H and O–H groups in total. The molecule has 1 aliphatic carbocycles. The number of methoxy groups -OCH3 is 1. The third-order valence-electron chi connectivity index (χ3n) is 10.2. The number of carbonyl (C=O) groups excluding carboxylic acids is 2. The van der Waals surface area contributed by atoms with Crippen molar-refractivity contribution < 1.29 is 28.2 Å². The van der Waals surface area contributed by atoms with Gasteiger partial charge in [0, 0.05) is 13.7 Å². The second kappa shape index (κ2) is 16.4. The maximum Gasteiger partial charge on any atom is 0.338 e. The van der Waals surface area contributed by atoms with Crippen LogP contribution in [0, 0.1) is 23.7 Å². The summed E-state index contributed by atoms with van der Waals surface area (Å²) in [6.07, 6.45) is 3.53. The Kier molecular flexibility index (Phi) is 12.8. The predicted octanol–water partition coefficient (Wildman–Crippen LogP) is 7.61. The van der Waals surface area contributed by atoms with Crippen molar-refractivity contribution in [3.05, 3.63) is 108 Å². The van der Waals surface area contributed by atoms with E-state index in [1.54, 1.807) is 31.2 Å². The van der Waals surface area contributed by atoms with Crippen LogP contribution < -0.4 is 10.4 Å². The molecule has 258 valence electrons. The number of benzene rings is 3. The average molecular weight is 671 g/mol. The van der Waals surface area contributed by atoms with Crippen LogP contribution in [0.15, 0.2) is 103 Å². The molecule has 0 amide bonds. The number of hydrogen-bond acceptors (Lipinski definition) is 6. The van der Waals surface area contributed by atoms with E-state index in [2.05, 4.69) is 108 Å². The van der Waals surface area contributed by atoms with E-state index in [-0.39, 0.29) is 23.7 Å². The summed E-state index contributed by atoms with van der Waals surface area (Å²) < 4.78 is 24.9. The maximum atomic E-state index is 13.5. The van der Waals surface area contributed by atoms with Crippen LogP contribution in [-0.4, -0.2) is 52.8 Å². The fraction of sp³-hybridized carbons (Fsp3) is 0.463. The molecule has 0 radical (unpaired) electrons. The van der Waals surface area contributed by atoms with E-state index in [4.69, 9.17) is 18.6 Å². The van der Waals surface area contributed by atoms with Gasteiger partial charge in [0.25, 0.3) is 8.32 Å². The van der Waals surface area contributed by atoms with E-state index in [9.17, 15) is 9.59 Å². The van der Waals surface area contributed by atoms with Gasteiger partial charge in [-0.05, 0) is 77.9 Å². The maximum absolute atomic E-state index is 13.5. The molecule has 0 saturated carbocycles. The van der Waals surface area contributed by atoms with Gasteiger partial charge >= 0.3 is 5.97 Å². The molecule has 3 aromatic rings. The molecule has 48 heavy (non-hydrogen) atoms. The summed E-state index contributed by atoms with van der Waals surface area (Å²) in [6.45, 7) is 15.7. The fourth-order valence-electron chi connectivity index (χ4n) is 7.42. The van der Waals surface area contributed by atoms with Crippen molar-refractivity contribution in [1.29, 1.82) is 0 Å². The summed E-state index contributed by atoms with van der Waals surface area (Å²) in [6, 6.07) is 30.3. The van der Waals surface area contributed by atoms with Gasteiger partial charge in [0.1, 0.15) is 12.9 Å². The Morgan fingerprint density at radius 3 is 1.92 bits per heavy atom. The molecule has 6 nitrogen and oxygen atoms in total. The van der Waals surface area contributed by atoms with Crippen LogP contribution >= 0.6 is 0 Å². The Morgan fingerprint density at radius 2 is 1.44 bits per heavy atom. The first-order chi connectivity index (χ1) is 22.9. The molecule has 1 aliphatic rings. The van der Waals surface area contributed by atoms with E-state index in [0.717, 1.165) is 12.7 Å². The van der Waals surface area contributed by atoms with Crippen molar-refractivity contribution in [3.63, 3.8) is 0 Å². The quantitative estimate of drug-likeness (QED) is 0.0545. The second-order valence-corrected chi connectivity index (χ2v) is 19.0. The molecule has 3 aromatic carbocycles. The molecular formula is C41H54O6Si.